The Morgan fingerprint density at radius 1 is 1.28 bits per heavy atom. The first-order valence-corrected chi connectivity index (χ1v) is 4.99. The average molecular weight is 248 g/mol. The number of ether oxygens (including phenoxy) is 2. The van der Waals surface area contributed by atoms with Gasteiger partial charge in [-0.1, -0.05) is 13.2 Å². The van der Waals surface area contributed by atoms with Gasteiger partial charge in [0.2, 0.25) is 0 Å². The van der Waals surface area contributed by atoms with Crippen LogP contribution in [0.4, 0.5) is 0 Å². The van der Waals surface area contributed by atoms with Gasteiger partial charge in [-0.15, -0.1) is 0 Å². The van der Waals surface area contributed by atoms with Gasteiger partial charge in [-0.2, -0.15) is 0 Å². The molecule has 5 nitrogen and oxygen atoms in total. The molecule has 1 rings (SSSR count). The fourth-order valence-electron chi connectivity index (χ4n) is 0.998. The number of phenols is 1. The lowest BCUT2D eigenvalue weighted by Gasteiger charge is -2.09. The maximum absolute atomic E-state index is 11.4. The van der Waals surface area contributed by atoms with E-state index in [4.69, 9.17) is 9.47 Å². The van der Waals surface area contributed by atoms with Crippen molar-refractivity contribution < 1.29 is 24.2 Å². The molecule has 0 aliphatic rings. The lowest BCUT2D eigenvalue weighted by molar-refractivity contribution is -0.132. The van der Waals surface area contributed by atoms with Crippen molar-refractivity contribution >= 4 is 11.9 Å². The second-order valence-corrected chi connectivity index (χ2v) is 3.43. The molecule has 0 saturated carbocycles. The third-order valence-electron chi connectivity index (χ3n) is 1.86. The van der Waals surface area contributed by atoms with E-state index in [1.54, 1.807) is 0 Å². The van der Waals surface area contributed by atoms with Crippen LogP contribution in [0.2, 0.25) is 0 Å². The van der Waals surface area contributed by atoms with Crippen LogP contribution in [0, 0.1) is 0 Å². The normalized spacial score (nSPS) is 9.39. The third-order valence-corrected chi connectivity index (χ3v) is 1.86. The van der Waals surface area contributed by atoms with Gasteiger partial charge in [-0.05, 0) is 19.1 Å². The van der Waals surface area contributed by atoms with Crippen molar-refractivity contribution in [3.05, 3.63) is 43.0 Å². The molecule has 0 amide bonds. The van der Waals surface area contributed by atoms with Crippen molar-refractivity contribution in [2.45, 2.75) is 6.92 Å². The fraction of sp³-hybridized carbons (Fsp3) is 0.0769. The maximum atomic E-state index is 11.4. The van der Waals surface area contributed by atoms with Crippen molar-refractivity contribution in [3.8, 4) is 17.2 Å². The highest BCUT2D eigenvalue weighted by molar-refractivity contribution is 5.89. The van der Waals surface area contributed by atoms with Crippen LogP contribution in [0.3, 0.4) is 0 Å². The number of hydrogen-bond acceptors (Lipinski definition) is 5. The van der Waals surface area contributed by atoms with E-state index in [2.05, 4.69) is 13.2 Å². The number of hydrogen-bond donors (Lipinski definition) is 1. The molecule has 0 aliphatic carbocycles. The van der Waals surface area contributed by atoms with E-state index in [9.17, 15) is 14.7 Å². The van der Waals surface area contributed by atoms with Gasteiger partial charge in [0.05, 0.1) is 0 Å². The molecule has 0 bridgehead atoms. The standard InChI is InChI=1S/C13H12O5/c1-4-12(15)17-11-7-9(14)5-6-10(11)18-13(16)8(2)3/h4-7,14H,1-2H2,3H3. The molecule has 0 aliphatic heterocycles. The summed E-state index contributed by atoms with van der Waals surface area (Å²) >= 11 is 0. The zero-order valence-corrected chi connectivity index (χ0v) is 9.80. The SMILES string of the molecule is C=CC(=O)Oc1cc(O)ccc1OC(=O)C(=C)C. The zero-order chi connectivity index (χ0) is 13.7. The molecule has 0 heterocycles. The second-order valence-electron chi connectivity index (χ2n) is 3.43. The number of carbonyl (C=O) groups is 2. The number of carbonyl (C=O) groups excluding carboxylic acids is 2. The van der Waals surface area contributed by atoms with Gasteiger partial charge in [0.25, 0.3) is 0 Å². The summed E-state index contributed by atoms with van der Waals surface area (Å²) in [6, 6.07) is 3.76. The zero-order valence-electron chi connectivity index (χ0n) is 9.80. The quantitative estimate of drug-likeness (QED) is 0.501. The first kappa shape index (κ1) is 13.5. The summed E-state index contributed by atoms with van der Waals surface area (Å²) in [5.41, 5.74) is 0.198. The van der Waals surface area contributed by atoms with Crippen LogP contribution < -0.4 is 9.47 Å². The molecule has 18 heavy (non-hydrogen) atoms. The molecule has 94 valence electrons. The molecule has 5 heteroatoms. The van der Waals surface area contributed by atoms with Crippen molar-refractivity contribution in [2.24, 2.45) is 0 Å². The summed E-state index contributed by atoms with van der Waals surface area (Å²) in [5.74, 6) is -1.58. The Bertz CT molecular complexity index is 516. The van der Waals surface area contributed by atoms with Crippen LogP contribution in [0.25, 0.3) is 0 Å². The predicted octanol–water partition coefficient (Wildman–Crippen LogP) is 1.97. The molecular formula is C13H12O5. The smallest absolute Gasteiger partial charge is 0.338 e. The molecule has 0 fully saturated rings. The van der Waals surface area contributed by atoms with Crippen molar-refractivity contribution in [1.29, 1.82) is 0 Å². The van der Waals surface area contributed by atoms with Gasteiger partial charge >= 0.3 is 11.9 Å². The van der Waals surface area contributed by atoms with E-state index in [-0.39, 0.29) is 22.8 Å². The van der Waals surface area contributed by atoms with Gasteiger partial charge < -0.3 is 14.6 Å². The van der Waals surface area contributed by atoms with Gasteiger partial charge in [-0.25, -0.2) is 9.59 Å². The summed E-state index contributed by atoms with van der Waals surface area (Å²) in [6.07, 6.45) is 0.953. The highest BCUT2D eigenvalue weighted by Crippen LogP contribution is 2.31. The summed E-state index contributed by atoms with van der Waals surface area (Å²) in [5, 5.41) is 9.29. The predicted molar refractivity (Wildman–Crippen MR) is 64.4 cm³/mol. The fourth-order valence-corrected chi connectivity index (χ4v) is 0.998. The summed E-state index contributed by atoms with van der Waals surface area (Å²) < 4.78 is 9.78. The minimum absolute atomic E-state index is 0.0102. The molecule has 1 aromatic rings. The largest absolute Gasteiger partial charge is 0.508 e. The molecule has 0 saturated heterocycles. The van der Waals surface area contributed by atoms with E-state index in [0.29, 0.717) is 0 Å². The number of phenolic OH excluding ortho intramolecular Hbond substituents is 1. The number of esters is 2. The molecule has 0 unspecified atom stereocenters. The second kappa shape index (κ2) is 5.67. The highest BCUT2D eigenvalue weighted by atomic mass is 16.6. The van der Waals surface area contributed by atoms with Gasteiger partial charge in [0, 0.05) is 17.7 Å². The Morgan fingerprint density at radius 2 is 1.94 bits per heavy atom. The van der Waals surface area contributed by atoms with Crippen molar-refractivity contribution in [1.82, 2.24) is 0 Å². The van der Waals surface area contributed by atoms with Crippen LogP contribution in [0.15, 0.2) is 43.0 Å². The Morgan fingerprint density at radius 3 is 2.50 bits per heavy atom. The Kier molecular flexibility index (Phi) is 4.26. The minimum atomic E-state index is -0.728. The Hall–Kier alpha value is -2.56. The average Bonchev–Trinajstić information content (AvgIpc) is 2.32. The van der Waals surface area contributed by atoms with Crippen LogP contribution in [0.1, 0.15) is 6.92 Å². The number of benzene rings is 1. The van der Waals surface area contributed by atoms with Crippen LogP contribution >= 0.6 is 0 Å². The van der Waals surface area contributed by atoms with Crippen LogP contribution in [0.5, 0.6) is 17.2 Å². The maximum Gasteiger partial charge on any atom is 0.338 e. The van der Waals surface area contributed by atoms with E-state index >= 15 is 0 Å². The van der Waals surface area contributed by atoms with Gasteiger partial charge in [-0.3, -0.25) is 0 Å². The number of aromatic hydroxyl groups is 1. The molecule has 0 radical (unpaired) electrons. The summed E-state index contributed by atoms with van der Waals surface area (Å²) in [7, 11) is 0. The first-order chi connectivity index (χ1) is 8.43. The van der Waals surface area contributed by atoms with E-state index in [0.717, 1.165) is 12.1 Å². The summed E-state index contributed by atoms with van der Waals surface area (Å²) in [6.45, 7) is 8.15. The lowest BCUT2D eigenvalue weighted by Crippen LogP contribution is -2.11. The van der Waals surface area contributed by atoms with Crippen LogP contribution in [-0.4, -0.2) is 17.0 Å². The lowest BCUT2D eigenvalue weighted by atomic mass is 10.3. The molecular weight excluding hydrogens is 236 g/mol. The molecule has 0 aromatic heterocycles. The topological polar surface area (TPSA) is 72.8 Å². The number of rotatable bonds is 4. The summed E-state index contributed by atoms with van der Waals surface area (Å²) in [4.78, 5) is 22.4. The van der Waals surface area contributed by atoms with E-state index in [1.165, 1.54) is 19.1 Å². The Labute approximate surface area is 104 Å². The monoisotopic (exact) mass is 248 g/mol. The van der Waals surface area contributed by atoms with Gasteiger partial charge in [0.1, 0.15) is 5.75 Å². The van der Waals surface area contributed by atoms with E-state index < -0.39 is 11.9 Å². The Balaban J connectivity index is 3.03. The van der Waals surface area contributed by atoms with Crippen molar-refractivity contribution in [2.75, 3.05) is 0 Å². The first-order valence-electron chi connectivity index (χ1n) is 4.99. The molecule has 0 spiro atoms. The van der Waals surface area contributed by atoms with Crippen molar-refractivity contribution in [3.63, 3.8) is 0 Å². The minimum Gasteiger partial charge on any atom is -0.508 e. The van der Waals surface area contributed by atoms with Crippen LogP contribution in [-0.2, 0) is 9.59 Å². The molecule has 1 N–H and O–H groups in total. The molecule has 1 aromatic carbocycles. The highest BCUT2D eigenvalue weighted by Gasteiger charge is 2.13. The van der Waals surface area contributed by atoms with E-state index in [1.807, 2.05) is 0 Å². The third kappa shape index (κ3) is 3.48. The van der Waals surface area contributed by atoms with Gasteiger partial charge in [0.15, 0.2) is 11.5 Å². The molecule has 0 atom stereocenters.